The van der Waals surface area contributed by atoms with E-state index in [0.717, 1.165) is 25.0 Å². The molecule has 1 unspecified atom stereocenters. The highest BCUT2D eigenvalue weighted by molar-refractivity contribution is 9.10. The predicted octanol–water partition coefficient (Wildman–Crippen LogP) is 4.52. The van der Waals surface area contributed by atoms with Crippen LogP contribution in [0.25, 0.3) is 5.95 Å². The van der Waals surface area contributed by atoms with Gasteiger partial charge in [-0.05, 0) is 72.3 Å². The molecule has 2 heterocycles. The fraction of sp³-hybridized carbons (Fsp3) is 0.350. The van der Waals surface area contributed by atoms with Gasteiger partial charge in [-0.25, -0.2) is 15.0 Å². The Morgan fingerprint density at radius 2 is 1.90 bits per heavy atom. The smallest absolute Gasteiger partial charge is 0.342 e. The van der Waals surface area contributed by atoms with Crippen molar-refractivity contribution in [3.05, 3.63) is 63.4 Å². The third-order valence-corrected chi connectivity index (χ3v) is 5.27. The minimum atomic E-state index is -4.53. The van der Waals surface area contributed by atoms with E-state index < -0.39 is 23.7 Å². The van der Waals surface area contributed by atoms with Crippen LogP contribution in [0.5, 0.6) is 0 Å². The molecule has 1 N–H and O–H groups in total. The number of aryl methyl sites for hydroxylation is 1. The summed E-state index contributed by atoms with van der Waals surface area (Å²) in [4.78, 5) is 25.5. The number of halogens is 4. The molecule has 1 atom stereocenters. The average Bonchev–Trinajstić information content (AvgIpc) is 3.49. The molecule has 3 aromatic rings. The van der Waals surface area contributed by atoms with Gasteiger partial charge in [-0.2, -0.15) is 17.9 Å². The molecule has 1 aliphatic rings. The Hall–Kier alpha value is -2.82. The Labute approximate surface area is 184 Å². The van der Waals surface area contributed by atoms with Crippen molar-refractivity contribution in [2.45, 2.75) is 44.8 Å². The van der Waals surface area contributed by atoms with Crippen molar-refractivity contribution in [2.75, 3.05) is 0 Å². The van der Waals surface area contributed by atoms with E-state index in [4.69, 9.17) is 0 Å². The van der Waals surface area contributed by atoms with Gasteiger partial charge in [0.05, 0.1) is 16.1 Å². The SMILES string of the molecule is Cc1nc(C(C)NC(=O)c2cc(C3CC3)cc(C(F)(F)F)c2)n(-c2ncc(Br)cn2)n1. The van der Waals surface area contributed by atoms with Crippen molar-refractivity contribution in [2.24, 2.45) is 0 Å². The van der Waals surface area contributed by atoms with Gasteiger partial charge in [0.25, 0.3) is 11.9 Å². The summed E-state index contributed by atoms with van der Waals surface area (Å²) < 4.78 is 42.1. The Kier molecular flexibility index (Phi) is 5.54. The standard InChI is InChI=1S/C20H18BrF3N6O/c1-10(17-28-11(2)29-30(17)19-25-8-16(21)9-26-19)27-18(31)14-5-13(12-3-4-12)6-15(7-14)20(22,23)24/h5-10,12H,3-4H2,1-2H3,(H,27,31). The van der Waals surface area contributed by atoms with E-state index in [1.165, 1.54) is 10.7 Å². The summed E-state index contributed by atoms with van der Waals surface area (Å²) in [5, 5.41) is 6.99. The van der Waals surface area contributed by atoms with Crippen LogP contribution in [0.3, 0.4) is 0 Å². The Bertz CT molecular complexity index is 1120. The number of nitrogens with zero attached hydrogens (tertiary/aromatic N) is 5. The summed E-state index contributed by atoms with van der Waals surface area (Å²) in [5.74, 6) is 0.520. The lowest BCUT2D eigenvalue weighted by Crippen LogP contribution is -2.29. The molecule has 1 aromatic carbocycles. The highest BCUT2D eigenvalue weighted by atomic mass is 79.9. The van der Waals surface area contributed by atoms with Crippen LogP contribution in [-0.4, -0.2) is 30.6 Å². The summed E-state index contributed by atoms with van der Waals surface area (Å²) in [5.41, 5.74) is -0.321. The van der Waals surface area contributed by atoms with Gasteiger partial charge in [0.1, 0.15) is 5.82 Å². The van der Waals surface area contributed by atoms with Gasteiger partial charge in [-0.1, -0.05) is 0 Å². The van der Waals surface area contributed by atoms with Gasteiger partial charge in [-0.15, -0.1) is 5.10 Å². The fourth-order valence-corrected chi connectivity index (χ4v) is 3.42. The van der Waals surface area contributed by atoms with E-state index in [1.54, 1.807) is 26.2 Å². The molecule has 0 radical (unpaired) electrons. The first-order chi connectivity index (χ1) is 14.6. The zero-order chi connectivity index (χ0) is 22.3. The number of alkyl halides is 3. The van der Waals surface area contributed by atoms with Crippen LogP contribution in [0.1, 0.15) is 64.9 Å². The third kappa shape index (κ3) is 4.76. The molecule has 0 bridgehead atoms. The van der Waals surface area contributed by atoms with E-state index in [-0.39, 0.29) is 17.4 Å². The number of benzene rings is 1. The van der Waals surface area contributed by atoms with Crippen molar-refractivity contribution in [1.29, 1.82) is 0 Å². The second-order valence-electron chi connectivity index (χ2n) is 7.44. The average molecular weight is 495 g/mol. The van der Waals surface area contributed by atoms with Crippen molar-refractivity contribution < 1.29 is 18.0 Å². The number of nitrogens with one attached hydrogen (secondary N) is 1. The molecule has 11 heteroatoms. The second-order valence-corrected chi connectivity index (χ2v) is 8.36. The van der Waals surface area contributed by atoms with Crippen LogP contribution >= 0.6 is 15.9 Å². The van der Waals surface area contributed by atoms with Gasteiger partial charge >= 0.3 is 6.18 Å². The van der Waals surface area contributed by atoms with Crippen LogP contribution < -0.4 is 5.32 Å². The molecule has 1 aliphatic carbocycles. The van der Waals surface area contributed by atoms with E-state index in [2.05, 4.69) is 41.3 Å². The maximum atomic E-state index is 13.3. The number of amides is 1. The lowest BCUT2D eigenvalue weighted by molar-refractivity contribution is -0.137. The Balaban J connectivity index is 1.61. The van der Waals surface area contributed by atoms with E-state index in [1.807, 2.05) is 0 Å². The van der Waals surface area contributed by atoms with E-state index in [0.29, 0.717) is 21.7 Å². The Morgan fingerprint density at radius 3 is 2.52 bits per heavy atom. The number of aromatic nitrogens is 5. The zero-order valence-electron chi connectivity index (χ0n) is 16.6. The van der Waals surface area contributed by atoms with E-state index >= 15 is 0 Å². The molecule has 4 rings (SSSR count). The molecule has 0 spiro atoms. The lowest BCUT2D eigenvalue weighted by atomic mass is 10.0. The van der Waals surface area contributed by atoms with Crippen molar-refractivity contribution in [3.8, 4) is 5.95 Å². The van der Waals surface area contributed by atoms with Crippen LogP contribution in [0.4, 0.5) is 13.2 Å². The van der Waals surface area contributed by atoms with Crippen molar-refractivity contribution in [1.82, 2.24) is 30.0 Å². The molecule has 0 saturated heterocycles. The van der Waals surface area contributed by atoms with Gasteiger partial charge in [0, 0.05) is 18.0 Å². The molecule has 7 nitrogen and oxygen atoms in total. The first kappa shape index (κ1) is 21.4. The number of hydrogen-bond acceptors (Lipinski definition) is 5. The topological polar surface area (TPSA) is 85.6 Å². The highest BCUT2D eigenvalue weighted by Gasteiger charge is 2.34. The molecular weight excluding hydrogens is 477 g/mol. The van der Waals surface area contributed by atoms with Gasteiger partial charge in [-0.3, -0.25) is 4.79 Å². The highest BCUT2D eigenvalue weighted by Crippen LogP contribution is 2.42. The van der Waals surface area contributed by atoms with Gasteiger partial charge < -0.3 is 5.32 Å². The first-order valence-corrected chi connectivity index (χ1v) is 10.4. The number of hydrogen-bond donors (Lipinski definition) is 1. The molecule has 1 fully saturated rings. The van der Waals surface area contributed by atoms with E-state index in [9.17, 15) is 18.0 Å². The fourth-order valence-electron chi connectivity index (χ4n) is 3.22. The van der Waals surface area contributed by atoms with Gasteiger partial charge in [0.15, 0.2) is 5.82 Å². The molecule has 0 aliphatic heterocycles. The minimum Gasteiger partial charge on any atom is -0.342 e. The number of rotatable bonds is 5. The molecule has 162 valence electrons. The maximum Gasteiger partial charge on any atom is 0.416 e. The van der Waals surface area contributed by atoms with Gasteiger partial charge in [0.2, 0.25) is 0 Å². The predicted molar refractivity (Wildman–Crippen MR) is 109 cm³/mol. The number of carbonyl (C=O) groups is 1. The zero-order valence-corrected chi connectivity index (χ0v) is 18.2. The molecule has 31 heavy (non-hydrogen) atoms. The van der Waals surface area contributed by atoms with Crippen LogP contribution in [-0.2, 0) is 6.18 Å². The summed E-state index contributed by atoms with van der Waals surface area (Å²) in [6.07, 6.45) is 0.229. The quantitative estimate of drug-likeness (QED) is 0.563. The molecule has 1 saturated carbocycles. The van der Waals surface area contributed by atoms with Crippen LogP contribution in [0.2, 0.25) is 0 Å². The number of carbonyl (C=O) groups excluding carboxylic acids is 1. The van der Waals surface area contributed by atoms with Crippen LogP contribution in [0.15, 0.2) is 35.1 Å². The monoisotopic (exact) mass is 494 g/mol. The van der Waals surface area contributed by atoms with Crippen molar-refractivity contribution in [3.63, 3.8) is 0 Å². The second kappa shape index (κ2) is 8.03. The van der Waals surface area contributed by atoms with Crippen molar-refractivity contribution >= 4 is 21.8 Å². The Morgan fingerprint density at radius 1 is 1.23 bits per heavy atom. The summed E-state index contributed by atoms with van der Waals surface area (Å²) in [6, 6.07) is 2.88. The lowest BCUT2D eigenvalue weighted by Gasteiger charge is -2.16. The largest absolute Gasteiger partial charge is 0.416 e. The summed E-state index contributed by atoms with van der Waals surface area (Å²) in [7, 11) is 0. The first-order valence-electron chi connectivity index (χ1n) is 9.56. The minimum absolute atomic E-state index is 0.0359. The normalized spacial score (nSPS) is 15.0. The molecule has 2 aromatic heterocycles. The molecule has 1 amide bonds. The third-order valence-electron chi connectivity index (χ3n) is 4.86. The summed E-state index contributed by atoms with van der Waals surface area (Å²) in [6.45, 7) is 3.36. The van der Waals surface area contributed by atoms with Crippen LogP contribution in [0, 0.1) is 6.92 Å². The molecular formula is C20H18BrF3N6O. The maximum absolute atomic E-state index is 13.3. The summed E-state index contributed by atoms with van der Waals surface area (Å²) >= 11 is 3.26.